The molecule has 0 aromatic rings. The Morgan fingerprint density at radius 1 is 1.39 bits per heavy atom. The lowest BCUT2D eigenvalue weighted by Crippen LogP contribution is -2.62. The maximum absolute atomic E-state index is 12.0. The summed E-state index contributed by atoms with van der Waals surface area (Å²) in [5, 5.41) is 0. The summed E-state index contributed by atoms with van der Waals surface area (Å²) >= 11 is 0. The second kappa shape index (κ2) is 5.10. The SMILES string of the molecule is CC(C)C1CCCN1C1(CN)CCCS(=O)(=O)C1. The Hall–Kier alpha value is -0.130. The first-order valence-electron chi connectivity index (χ1n) is 7.07. The molecule has 4 nitrogen and oxygen atoms in total. The summed E-state index contributed by atoms with van der Waals surface area (Å²) in [6.45, 7) is 5.93. The minimum Gasteiger partial charge on any atom is -0.329 e. The molecule has 0 amide bonds. The Bertz CT molecular complexity index is 394. The number of rotatable bonds is 3. The van der Waals surface area contributed by atoms with Gasteiger partial charge < -0.3 is 5.73 Å². The first-order chi connectivity index (χ1) is 8.40. The lowest BCUT2D eigenvalue weighted by Gasteiger charge is -2.47. The van der Waals surface area contributed by atoms with Crippen LogP contribution in [0.3, 0.4) is 0 Å². The van der Waals surface area contributed by atoms with Crippen LogP contribution in [-0.4, -0.2) is 49.5 Å². The number of nitrogens with zero attached hydrogens (tertiary/aromatic N) is 1. The van der Waals surface area contributed by atoms with Crippen LogP contribution in [0.25, 0.3) is 0 Å². The van der Waals surface area contributed by atoms with Gasteiger partial charge >= 0.3 is 0 Å². The lowest BCUT2D eigenvalue weighted by atomic mass is 9.90. The molecule has 0 aromatic heterocycles. The molecule has 2 unspecified atom stereocenters. The molecule has 18 heavy (non-hydrogen) atoms. The van der Waals surface area contributed by atoms with Crippen molar-refractivity contribution in [2.24, 2.45) is 11.7 Å². The van der Waals surface area contributed by atoms with Gasteiger partial charge in [-0.2, -0.15) is 0 Å². The number of hydrogen-bond donors (Lipinski definition) is 1. The molecule has 106 valence electrons. The average Bonchev–Trinajstić information content (AvgIpc) is 2.76. The summed E-state index contributed by atoms with van der Waals surface area (Å²) in [5.74, 6) is 1.18. The minimum atomic E-state index is -2.91. The van der Waals surface area contributed by atoms with E-state index in [1.165, 1.54) is 12.8 Å². The standard InChI is InChI=1S/C13H26N2O2S/c1-11(2)12-5-3-7-15(12)13(9-14)6-4-8-18(16,17)10-13/h11-12H,3-10,14H2,1-2H3. The molecule has 2 atom stereocenters. The monoisotopic (exact) mass is 274 g/mol. The molecule has 2 heterocycles. The molecular formula is C13H26N2O2S. The van der Waals surface area contributed by atoms with Gasteiger partial charge in [0, 0.05) is 18.1 Å². The van der Waals surface area contributed by atoms with Crippen molar-refractivity contribution in [3.05, 3.63) is 0 Å². The van der Waals surface area contributed by atoms with Crippen LogP contribution in [0, 0.1) is 5.92 Å². The van der Waals surface area contributed by atoms with Crippen LogP contribution in [0.2, 0.25) is 0 Å². The van der Waals surface area contributed by atoms with Crippen LogP contribution in [0.5, 0.6) is 0 Å². The van der Waals surface area contributed by atoms with E-state index in [0.717, 1.165) is 19.4 Å². The minimum absolute atomic E-state index is 0.264. The fourth-order valence-corrected chi connectivity index (χ4v) is 5.73. The van der Waals surface area contributed by atoms with Gasteiger partial charge in [0.2, 0.25) is 0 Å². The predicted molar refractivity (Wildman–Crippen MR) is 74.2 cm³/mol. The maximum Gasteiger partial charge on any atom is 0.152 e. The maximum atomic E-state index is 12.0. The van der Waals surface area contributed by atoms with Crippen LogP contribution < -0.4 is 5.73 Å². The normalized spacial score (nSPS) is 37.2. The third kappa shape index (κ3) is 2.58. The Labute approximate surface area is 111 Å². The molecule has 2 N–H and O–H groups in total. The second-order valence-corrected chi connectivity index (χ2v) is 8.46. The van der Waals surface area contributed by atoms with Crippen LogP contribution in [-0.2, 0) is 9.84 Å². The van der Waals surface area contributed by atoms with E-state index in [2.05, 4.69) is 18.7 Å². The number of hydrogen-bond acceptors (Lipinski definition) is 4. The second-order valence-electron chi connectivity index (χ2n) is 6.27. The van der Waals surface area contributed by atoms with Gasteiger partial charge in [0.1, 0.15) is 0 Å². The van der Waals surface area contributed by atoms with Gasteiger partial charge in [0.15, 0.2) is 9.84 Å². The molecule has 2 aliphatic rings. The van der Waals surface area contributed by atoms with E-state index in [-0.39, 0.29) is 11.3 Å². The van der Waals surface area contributed by atoms with Crippen molar-refractivity contribution in [1.82, 2.24) is 4.90 Å². The zero-order valence-corrected chi connectivity index (χ0v) is 12.4. The molecule has 0 radical (unpaired) electrons. The first-order valence-corrected chi connectivity index (χ1v) is 8.90. The number of likely N-dealkylation sites (tertiary alicyclic amines) is 1. The summed E-state index contributed by atoms with van der Waals surface area (Å²) in [5.41, 5.74) is 5.71. The van der Waals surface area contributed by atoms with Gasteiger partial charge in [-0.1, -0.05) is 13.8 Å². The van der Waals surface area contributed by atoms with E-state index >= 15 is 0 Å². The highest BCUT2D eigenvalue weighted by Gasteiger charge is 2.47. The highest BCUT2D eigenvalue weighted by atomic mass is 32.2. The molecule has 0 saturated carbocycles. The fraction of sp³-hybridized carbons (Fsp3) is 1.00. The van der Waals surface area contributed by atoms with Crippen molar-refractivity contribution in [1.29, 1.82) is 0 Å². The van der Waals surface area contributed by atoms with Crippen LogP contribution >= 0.6 is 0 Å². The highest BCUT2D eigenvalue weighted by molar-refractivity contribution is 7.91. The van der Waals surface area contributed by atoms with Crippen molar-refractivity contribution >= 4 is 9.84 Å². The van der Waals surface area contributed by atoms with E-state index in [1.807, 2.05) is 0 Å². The Balaban J connectivity index is 2.26. The topological polar surface area (TPSA) is 63.4 Å². The molecule has 2 fully saturated rings. The fourth-order valence-electron chi connectivity index (χ4n) is 3.75. The average molecular weight is 274 g/mol. The summed E-state index contributed by atoms with van der Waals surface area (Å²) < 4.78 is 24.0. The van der Waals surface area contributed by atoms with Gasteiger partial charge in [0.05, 0.1) is 11.5 Å². The van der Waals surface area contributed by atoms with Gasteiger partial charge in [-0.25, -0.2) is 8.42 Å². The Morgan fingerprint density at radius 3 is 2.67 bits per heavy atom. The molecule has 5 heteroatoms. The van der Waals surface area contributed by atoms with E-state index in [4.69, 9.17) is 5.73 Å². The van der Waals surface area contributed by atoms with E-state index in [1.54, 1.807) is 0 Å². The van der Waals surface area contributed by atoms with Gasteiger partial charge in [-0.3, -0.25) is 4.90 Å². The van der Waals surface area contributed by atoms with Gasteiger partial charge in [0.25, 0.3) is 0 Å². The quantitative estimate of drug-likeness (QED) is 0.834. The zero-order chi connectivity index (χ0) is 13.4. The van der Waals surface area contributed by atoms with E-state index in [0.29, 0.717) is 24.3 Å². The van der Waals surface area contributed by atoms with Gasteiger partial charge in [-0.15, -0.1) is 0 Å². The summed E-state index contributed by atoms with van der Waals surface area (Å²) in [4.78, 5) is 2.42. The van der Waals surface area contributed by atoms with Crippen molar-refractivity contribution in [3.63, 3.8) is 0 Å². The van der Waals surface area contributed by atoms with Crippen molar-refractivity contribution in [2.45, 2.75) is 51.1 Å². The van der Waals surface area contributed by atoms with Crippen LogP contribution in [0.1, 0.15) is 39.5 Å². The van der Waals surface area contributed by atoms with Crippen LogP contribution in [0.4, 0.5) is 0 Å². The Morgan fingerprint density at radius 2 is 2.11 bits per heavy atom. The largest absolute Gasteiger partial charge is 0.329 e. The lowest BCUT2D eigenvalue weighted by molar-refractivity contribution is 0.0656. The molecule has 2 saturated heterocycles. The summed E-state index contributed by atoms with van der Waals surface area (Å²) in [7, 11) is -2.91. The zero-order valence-electron chi connectivity index (χ0n) is 11.6. The molecule has 0 aliphatic carbocycles. The molecule has 2 aliphatic heterocycles. The molecular weight excluding hydrogens is 248 g/mol. The van der Waals surface area contributed by atoms with Crippen LogP contribution in [0.15, 0.2) is 0 Å². The third-order valence-electron chi connectivity index (χ3n) is 4.64. The molecule has 0 bridgehead atoms. The number of sulfone groups is 1. The first kappa shape index (κ1) is 14.3. The van der Waals surface area contributed by atoms with Crippen molar-refractivity contribution in [2.75, 3.05) is 24.6 Å². The van der Waals surface area contributed by atoms with E-state index < -0.39 is 9.84 Å². The number of nitrogens with two attached hydrogens (primary N) is 1. The Kier molecular flexibility index (Phi) is 4.04. The molecule has 0 aromatic carbocycles. The molecule has 2 rings (SSSR count). The van der Waals surface area contributed by atoms with Gasteiger partial charge in [-0.05, 0) is 38.1 Å². The predicted octanol–water partition coefficient (Wildman–Crippen LogP) is 1.01. The molecule has 0 spiro atoms. The van der Waals surface area contributed by atoms with E-state index in [9.17, 15) is 8.42 Å². The summed E-state index contributed by atoms with van der Waals surface area (Å²) in [6.07, 6.45) is 4.05. The highest BCUT2D eigenvalue weighted by Crippen LogP contribution is 2.36. The summed E-state index contributed by atoms with van der Waals surface area (Å²) in [6, 6.07) is 0.502. The smallest absolute Gasteiger partial charge is 0.152 e. The van der Waals surface area contributed by atoms with Crippen molar-refractivity contribution in [3.8, 4) is 0 Å². The third-order valence-corrected chi connectivity index (χ3v) is 6.53. The van der Waals surface area contributed by atoms with Crippen molar-refractivity contribution < 1.29 is 8.42 Å².